The number of aromatic nitrogens is 4. The molecule has 0 saturated heterocycles. The van der Waals surface area contributed by atoms with Gasteiger partial charge in [0, 0.05) is 11.6 Å². The zero-order chi connectivity index (χ0) is 17.4. The van der Waals surface area contributed by atoms with Crippen LogP contribution in [0.3, 0.4) is 0 Å². The number of nitrogens with zero attached hydrogens (tertiary/aromatic N) is 4. The van der Waals surface area contributed by atoms with Crippen LogP contribution in [0.15, 0.2) is 34.3 Å². The van der Waals surface area contributed by atoms with Gasteiger partial charge in [-0.25, -0.2) is 19.3 Å². The van der Waals surface area contributed by atoms with Gasteiger partial charge in [-0.3, -0.25) is 9.36 Å². The van der Waals surface area contributed by atoms with Gasteiger partial charge in [0.15, 0.2) is 10.8 Å². The van der Waals surface area contributed by atoms with Crippen molar-refractivity contribution in [2.75, 3.05) is 12.0 Å². The molecular formula is C16H16FN5OS. The summed E-state index contributed by atoms with van der Waals surface area (Å²) >= 11 is 1.39. The number of benzene rings is 1. The second-order valence-electron chi connectivity index (χ2n) is 5.53. The maximum atomic E-state index is 13.8. The maximum Gasteiger partial charge on any atom is 0.278 e. The lowest BCUT2D eigenvalue weighted by atomic mass is 10.1. The molecule has 0 spiro atoms. The Bertz CT molecular complexity index is 986. The Kier molecular flexibility index (Phi) is 4.23. The highest BCUT2D eigenvalue weighted by Gasteiger charge is 2.17. The molecule has 0 atom stereocenters. The van der Waals surface area contributed by atoms with Gasteiger partial charge in [0.25, 0.3) is 5.56 Å². The predicted molar refractivity (Wildman–Crippen MR) is 93.6 cm³/mol. The Labute approximate surface area is 142 Å². The number of halogens is 1. The van der Waals surface area contributed by atoms with Crippen molar-refractivity contribution >= 4 is 28.6 Å². The highest BCUT2D eigenvalue weighted by Crippen LogP contribution is 2.22. The van der Waals surface area contributed by atoms with E-state index in [9.17, 15) is 9.18 Å². The van der Waals surface area contributed by atoms with Gasteiger partial charge in [-0.15, -0.1) is 0 Å². The van der Waals surface area contributed by atoms with E-state index in [-0.39, 0.29) is 23.0 Å². The number of hydrogen-bond donors (Lipinski definition) is 1. The summed E-state index contributed by atoms with van der Waals surface area (Å²) < 4.78 is 15.3. The van der Waals surface area contributed by atoms with E-state index in [2.05, 4.69) is 15.0 Å². The molecule has 0 aliphatic carbocycles. The van der Waals surface area contributed by atoms with Crippen LogP contribution in [-0.2, 0) is 0 Å². The van der Waals surface area contributed by atoms with E-state index in [1.807, 2.05) is 20.1 Å². The molecule has 0 aliphatic heterocycles. The molecule has 2 aromatic heterocycles. The molecule has 0 bridgehead atoms. The van der Waals surface area contributed by atoms with Crippen molar-refractivity contribution in [1.82, 2.24) is 19.5 Å². The smallest absolute Gasteiger partial charge is 0.278 e. The van der Waals surface area contributed by atoms with Crippen LogP contribution in [0.5, 0.6) is 0 Å². The van der Waals surface area contributed by atoms with Crippen molar-refractivity contribution in [3.05, 3.63) is 40.6 Å². The molecule has 0 unspecified atom stereocenters. The fraction of sp³-hybridized carbons (Fsp3) is 0.250. The molecule has 0 radical (unpaired) electrons. The van der Waals surface area contributed by atoms with Crippen molar-refractivity contribution in [1.29, 1.82) is 0 Å². The molecule has 124 valence electrons. The Morgan fingerprint density at radius 3 is 2.67 bits per heavy atom. The first-order valence-corrected chi connectivity index (χ1v) is 8.53. The van der Waals surface area contributed by atoms with Gasteiger partial charge in [-0.2, -0.15) is 0 Å². The molecule has 0 aliphatic rings. The van der Waals surface area contributed by atoms with Crippen molar-refractivity contribution in [3.63, 3.8) is 0 Å². The third kappa shape index (κ3) is 2.73. The SMILES string of the molecule is CSc1ncc2nc(-c3ccc(N)c(F)c3)c(=O)n(C(C)C)c2n1. The van der Waals surface area contributed by atoms with Gasteiger partial charge < -0.3 is 5.73 Å². The quantitative estimate of drug-likeness (QED) is 0.446. The van der Waals surface area contributed by atoms with Crippen LogP contribution < -0.4 is 11.3 Å². The van der Waals surface area contributed by atoms with Gasteiger partial charge in [-0.1, -0.05) is 17.8 Å². The van der Waals surface area contributed by atoms with Crippen molar-refractivity contribution in [2.45, 2.75) is 25.0 Å². The highest BCUT2D eigenvalue weighted by molar-refractivity contribution is 7.98. The van der Waals surface area contributed by atoms with E-state index in [0.717, 1.165) is 0 Å². The average molecular weight is 345 g/mol. The van der Waals surface area contributed by atoms with Crippen LogP contribution in [0, 0.1) is 5.82 Å². The summed E-state index contributed by atoms with van der Waals surface area (Å²) in [4.78, 5) is 25.9. The number of anilines is 1. The van der Waals surface area contributed by atoms with Crippen LogP contribution in [0.25, 0.3) is 22.4 Å². The van der Waals surface area contributed by atoms with Gasteiger partial charge in [-0.05, 0) is 32.2 Å². The van der Waals surface area contributed by atoms with Crippen molar-refractivity contribution < 1.29 is 4.39 Å². The van der Waals surface area contributed by atoms with E-state index in [1.165, 1.54) is 23.9 Å². The second-order valence-corrected chi connectivity index (χ2v) is 6.30. The third-order valence-electron chi connectivity index (χ3n) is 3.58. The predicted octanol–water partition coefficient (Wildman–Crippen LogP) is 2.88. The molecular weight excluding hydrogens is 329 g/mol. The summed E-state index contributed by atoms with van der Waals surface area (Å²) in [6.45, 7) is 3.77. The van der Waals surface area contributed by atoms with E-state index >= 15 is 0 Å². The van der Waals surface area contributed by atoms with E-state index in [4.69, 9.17) is 5.73 Å². The number of hydrogen-bond acceptors (Lipinski definition) is 6. The summed E-state index contributed by atoms with van der Waals surface area (Å²) in [7, 11) is 0. The molecule has 3 rings (SSSR count). The maximum absolute atomic E-state index is 13.8. The minimum Gasteiger partial charge on any atom is -0.396 e. The van der Waals surface area contributed by atoms with Crippen molar-refractivity contribution in [2.24, 2.45) is 0 Å². The molecule has 0 saturated carbocycles. The Morgan fingerprint density at radius 1 is 1.29 bits per heavy atom. The van der Waals surface area contributed by atoms with Crippen LogP contribution in [0.1, 0.15) is 19.9 Å². The van der Waals surface area contributed by atoms with Gasteiger partial charge in [0.1, 0.15) is 17.0 Å². The summed E-state index contributed by atoms with van der Waals surface area (Å²) in [6, 6.07) is 4.08. The third-order valence-corrected chi connectivity index (χ3v) is 4.14. The fourth-order valence-electron chi connectivity index (χ4n) is 2.43. The number of rotatable bonds is 3. The molecule has 0 fully saturated rings. The lowest BCUT2D eigenvalue weighted by Gasteiger charge is -2.15. The normalized spacial score (nSPS) is 11.4. The van der Waals surface area contributed by atoms with Gasteiger partial charge in [0.2, 0.25) is 0 Å². The monoisotopic (exact) mass is 345 g/mol. The van der Waals surface area contributed by atoms with Crippen LogP contribution in [-0.4, -0.2) is 25.8 Å². The standard InChI is InChI=1S/C16H16FN5OS/c1-8(2)22-14-12(7-19-16(21-14)24-3)20-13(15(22)23)9-4-5-11(18)10(17)6-9/h4-8H,18H2,1-3H3. The topological polar surface area (TPSA) is 86.7 Å². The molecule has 3 aromatic rings. The average Bonchev–Trinajstić information content (AvgIpc) is 2.56. The summed E-state index contributed by atoms with van der Waals surface area (Å²) in [6.07, 6.45) is 3.43. The second kappa shape index (κ2) is 6.20. The molecule has 2 N–H and O–H groups in total. The highest BCUT2D eigenvalue weighted by atomic mass is 32.2. The first kappa shape index (κ1) is 16.4. The fourth-order valence-corrected chi connectivity index (χ4v) is 2.76. The molecule has 24 heavy (non-hydrogen) atoms. The lowest BCUT2D eigenvalue weighted by molar-refractivity contribution is 0.590. The molecule has 8 heteroatoms. The summed E-state index contributed by atoms with van der Waals surface area (Å²) in [5.41, 5.74) is 6.67. The molecule has 6 nitrogen and oxygen atoms in total. The molecule has 0 amide bonds. The number of nitrogens with two attached hydrogens (primary N) is 1. The number of thioether (sulfide) groups is 1. The minimum atomic E-state index is -0.584. The van der Waals surface area contributed by atoms with E-state index in [0.29, 0.717) is 21.9 Å². The summed E-state index contributed by atoms with van der Waals surface area (Å²) in [5.74, 6) is -0.584. The zero-order valence-corrected chi connectivity index (χ0v) is 14.3. The molecule has 1 aromatic carbocycles. The van der Waals surface area contributed by atoms with E-state index < -0.39 is 5.82 Å². The van der Waals surface area contributed by atoms with Gasteiger partial charge >= 0.3 is 0 Å². The van der Waals surface area contributed by atoms with Crippen LogP contribution >= 0.6 is 11.8 Å². The number of fused-ring (bicyclic) bond motifs is 1. The molecule has 2 heterocycles. The Balaban J connectivity index is 2.36. The van der Waals surface area contributed by atoms with Gasteiger partial charge in [0.05, 0.1) is 11.9 Å². The Hall–Kier alpha value is -2.48. The lowest BCUT2D eigenvalue weighted by Crippen LogP contribution is -2.26. The minimum absolute atomic E-state index is 0.0247. The Morgan fingerprint density at radius 2 is 2.04 bits per heavy atom. The van der Waals surface area contributed by atoms with E-state index in [1.54, 1.807) is 16.8 Å². The zero-order valence-electron chi connectivity index (χ0n) is 13.4. The van der Waals surface area contributed by atoms with Crippen molar-refractivity contribution in [3.8, 4) is 11.3 Å². The number of nitrogen functional groups attached to an aromatic ring is 1. The summed E-state index contributed by atoms with van der Waals surface area (Å²) in [5, 5.41) is 0.560. The first-order chi connectivity index (χ1) is 11.4. The largest absolute Gasteiger partial charge is 0.396 e. The van der Waals surface area contributed by atoms with Crippen LogP contribution in [0.4, 0.5) is 10.1 Å². The first-order valence-electron chi connectivity index (χ1n) is 7.31. The van der Waals surface area contributed by atoms with Crippen LogP contribution in [0.2, 0.25) is 0 Å².